The van der Waals surface area contributed by atoms with Crippen LogP contribution < -0.4 is 5.32 Å². The van der Waals surface area contributed by atoms with Crippen molar-refractivity contribution in [2.75, 3.05) is 6.54 Å². The van der Waals surface area contributed by atoms with Gasteiger partial charge in [0, 0.05) is 12.6 Å². The summed E-state index contributed by atoms with van der Waals surface area (Å²) in [6.45, 7) is 4.47. The van der Waals surface area contributed by atoms with E-state index in [1.807, 2.05) is 4.57 Å². The number of nitrogens with one attached hydrogen (secondary N) is 1. The number of unbranched alkanes of at least 4 members (excludes halogenated alkanes) is 1. The third kappa shape index (κ3) is 4.31. The van der Waals surface area contributed by atoms with E-state index in [1.54, 1.807) is 12.7 Å². The molecule has 1 N–H and O–H groups in total. The zero-order valence-electron chi connectivity index (χ0n) is 10.1. The molecule has 4 heteroatoms. The lowest BCUT2D eigenvalue weighted by Crippen LogP contribution is -2.27. The van der Waals surface area contributed by atoms with Gasteiger partial charge in [-0.1, -0.05) is 12.8 Å². The molecule has 0 amide bonds. The first-order valence-electron chi connectivity index (χ1n) is 6.40. The molecular weight excluding hydrogens is 200 g/mol. The van der Waals surface area contributed by atoms with Gasteiger partial charge < -0.3 is 9.88 Å². The molecule has 0 bridgehead atoms. The third-order valence-electron chi connectivity index (χ3n) is 3.19. The van der Waals surface area contributed by atoms with Gasteiger partial charge in [-0.3, -0.25) is 0 Å². The van der Waals surface area contributed by atoms with Crippen LogP contribution in [0.25, 0.3) is 0 Å². The highest BCUT2D eigenvalue weighted by atomic mass is 15.2. The van der Waals surface area contributed by atoms with Crippen LogP contribution in [0.5, 0.6) is 0 Å². The smallest absolute Gasteiger partial charge is 0.119 e. The molecule has 1 aromatic rings. The Bertz CT molecular complexity index is 279. The number of hydrogen-bond acceptors (Lipinski definition) is 3. The second kappa shape index (κ2) is 5.99. The largest absolute Gasteiger partial charge is 0.320 e. The first kappa shape index (κ1) is 11.6. The van der Waals surface area contributed by atoms with Crippen LogP contribution in [-0.4, -0.2) is 27.4 Å². The van der Waals surface area contributed by atoms with Crippen molar-refractivity contribution < 1.29 is 0 Å². The van der Waals surface area contributed by atoms with Crippen LogP contribution in [0.2, 0.25) is 0 Å². The van der Waals surface area contributed by atoms with Gasteiger partial charge in [0.05, 0.1) is 0 Å². The summed E-state index contributed by atoms with van der Waals surface area (Å²) in [5.74, 6) is 1.03. The maximum absolute atomic E-state index is 3.79. The predicted molar refractivity (Wildman–Crippen MR) is 64.1 cm³/mol. The molecule has 0 saturated heterocycles. The fourth-order valence-electron chi connectivity index (χ4n) is 2.04. The van der Waals surface area contributed by atoms with E-state index in [4.69, 9.17) is 0 Å². The Kier molecular flexibility index (Phi) is 4.34. The van der Waals surface area contributed by atoms with Crippen LogP contribution in [-0.2, 0) is 6.54 Å². The van der Waals surface area contributed by atoms with Crippen molar-refractivity contribution in [2.24, 2.45) is 5.92 Å². The van der Waals surface area contributed by atoms with Crippen molar-refractivity contribution in [3.63, 3.8) is 0 Å². The quantitative estimate of drug-likeness (QED) is 0.682. The molecule has 2 rings (SSSR count). The number of rotatable bonds is 8. The molecule has 90 valence electrons. The van der Waals surface area contributed by atoms with Crippen LogP contribution in [0.3, 0.4) is 0 Å². The Morgan fingerprint density at radius 2 is 2.06 bits per heavy atom. The normalized spacial score (nSPS) is 17.6. The predicted octanol–water partition coefficient (Wildman–Crippen LogP) is 1.84. The Hall–Kier alpha value is -0.900. The molecule has 0 radical (unpaired) electrons. The average molecular weight is 222 g/mol. The van der Waals surface area contributed by atoms with Gasteiger partial charge in [-0.2, -0.15) is 0 Å². The molecule has 1 fully saturated rings. The fraction of sp³-hybridized carbons (Fsp3) is 0.833. The molecule has 1 atom stereocenters. The van der Waals surface area contributed by atoms with Crippen LogP contribution in [0.1, 0.15) is 39.0 Å². The molecule has 1 saturated carbocycles. The standard InChI is InChI=1S/C12H22N4/c1-11(8-12-4-5-12)13-6-2-3-7-16-9-14-15-10-16/h9-13H,2-8H2,1H3. The summed E-state index contributed by atoms with van der Waals surface area (Å²) < 4.78 is 2.04. The SMILES string of the molecule is CC(CC1CC1)NCCCCn1cnnc1. The topological polar surface area (TPSA) is 42.7 Å². The maximum atomic E-state index is 3.79. The molecule has 1 aliphatic rings. The number of aryl methyl sites for hydroxylation is 1. The van der Waals surface area contributed by atoms with Gasteiger partial charge in [-0.05, 0) is 38.6 Å². The van der Waals surface area contributed by atoms with Gasteiger partial charge in [0.1, 0.15) is 12.7 Å². The Labute approximate surface area is 97.5 Å². The zero-order chi connectivity index (χ0) is 11.2. The lowest BCUT2D eigenvalue weighted by Gasteiger charge is -2.12. The molecule has 0 spiro atoms. The van der Waals surface area contributed by atoms with Gasteiger partial charge in [-0.25, -0.2) is 0 Å². The number of aromatic nitrogens is 3. The van der Waals surface area contributed by atoms with Gasteiger partial charge >= 0.3 is 0 Å². The van der Waals surface area contributed by atoms with E-state index >= 15 is 0 Å². The first-order chi connectivity index (χ1) is 7.84. The number of nitrogens with zero attached hydrogens (tertiary/aromatic N) is 3. The summed E-state index contributed by atoms with van der Waals surface area (Å²) >= 11 is 0. The lowest BCUT2D eigenvalue weighted by molar-refractivity contribution is 0.469. The summed E-state index contributed by atoms with van der Waals surface area (Å²) in [5.41, 5.74) is 0. The Morgan fingerprint density at radius 3 is 2.75 bits per heavy atom. The second-order valence-corrected chi connectivity index (χ2v) is 4.94. The van der Waals surface area contributed by atoms with Crippen molar-refractivity contribution in [1.82, 2.24) is 20.1 Å². The fourth-order valence-corrected chi connectivity index (χ4v) is 2.04. The highest BCUT2D eigenvalue weighted by Crippen LogP contribution is 2.33. The zero-order valence-corrected chi connectivity index (χ0v) is 10.1. The molecular formula is C12H22N4. The van der Waals surface area contributed by atoms with Crippen molar-refractivity contribution in [1.29, 1.82) is 0 Å². The van der Waals surface area contributed by atoms with E-state index in [-0.39, 0.29) is 0 Å². The second-order valence-electron chi connectivity index (χ2n) is 4.94. The van der Waals surface area contributed by atoms with Crippen LogP contribution in [0.4, 0.5) is 0 Å². The molecule has 1 aromatic heterocycles. The maximum Gasteiger partial charge on any atom is 0.119 e. The van der Waals surface area contributed by atoms with E-state index in [2.05, 4.69) is 22.4 Å². The van der Waals surface area contributed by atoms with Gasteiger partial charge in [0.15, 0.2) is 0 Å². The summed E-state index contributed by atoms with van der Waals surface area (Å²) in [5, 5.41) is 11.2. The molecule has 1 unspecified atom stereocenters. The van der Waals surface area contributed by atoms with Crippen LogP contribution in [0, 0.1) is 5.92 Å². The minimum atomic E-state index is 0.697. The molecule has 1 heterocycles. The molecule has 4 nitrogen and oxygen atoms in total. The van der Waals surface area contributed by atoms with Crippen molar-refractivity contribution >= 4 is 0 Å². The van der Waals surface area contributed by atoms with E-state index in [9.17, 15) is 0 Å². The summed E-state index contributed by atoms with van der Waals surface area (Å²) in [4.78, 5) is 0. The third-order valence-corrected chi connectivity index (χ3v) is 3.19. The number of hydrogen-bond donors (Lipinski definition) is 1. The molecule has 16 heavy (non-hydrogen) atoms. The monoisotopic (exact) mass is 222 g/mol. The minimum absolute atomic E-state index is 0.697. The van der Waals surface area contributed by atoms with E-state index in [0.717, 1.165) is 19.0 Å². The highest BCUT2D eigenvalue weighted by molar-refractivity contribution is 4.77. The Morgan fingerprint density at radius 1 is 1.31 bits per heavy atom. The lowest BCUT2D eigenvalue weighted by atomic mass is 10.1. The van der Waals surface area contributed by atoms with E-state index in [0.29, 0.717) is 6.04 Å². The first-order valence-corrected chi connectivity index (χ1v) is 6.40. The van der Waals surface area contributed by atoms with Gasteiger partial charge in [0.25, 0.3) is 0 Å². The molecule has 1 aliphatic carbocycles. The highest BCUT2D eigenvalue weighted by Gasteiger charge is 2.22. The molecule has 0 aliphatic heterocycles. The average Bonchev–Trinajstić information content (AvgIpc) is 2.93. The van der Waals surface area contributed by atoms with E-state index in [1.165, 1.54) is 32.1 Å². The van der Waals surface area contributed by atoms with Crippen molar-refractivity contribution in [3.05, 3.63) is 12.7 Å². The van der Waals surface area contributed by atoms with Gasteiger partial charge in [-0.15, -0.1) is 10.2 Å². The van der Waals surface area contributed by atoms with Crippen molar-refractivity contribution in [2.45, 2.75) is 51.6 Å². The molecule has 0 aromatic carbocycles. The summed E-state index contributed by atoms with van der Waals surface area (Å²) in [7, 11) is 0. The summed E-state index contributed by atoms with van der Waals surface area (Å²) in [6, 6.07) is 0.697. The summed E-state index contributed by atoms with van der Waals surface area (Å²) in [6.07, 6.45) is 10.3. The van der Waals surface area contributed by atoms with Crippen LogP contribution >= 0.6 is 0 Å². The minimum Gasteiger partial charge on any atom is -0.320 e. The van der Waals surface area contributed by atoms with Crippen LogP contribution in [0.15, 0.2) is 12.7 Å². The van der Waals surface area contributed by atoms with E-state index < -0.39 is 0 Å². The Balaban J connectivity index is 1.45. The van der Waals surface area contributed by atoms with Gasteiger partial charge in [0.2, 0.25) is 0 Å². The van der Waals surface area contributed by atoms with Crippen molar-refractivity contribution in [3.8, 4) is 0 Å².